The SMILES string of the molecule is COc1ccc(F)c(COc2c(N3CCN(SC(C)C)CC3)cnn(-c3ccccc3)c2=O)c1. The molecule has 0 saturated carbocycles. The molecule has 0 bridgehead atoms. The summed E-state index contributed by atoms with van der Waals surface area (Å²) in [7, 11) is 1.52. The summed E-state index contributed by atoms with van der Waals surface area (Å²) in [5.41, 5.74) is 1.18. The largest absolute Gasteiger partial charge is 0.497 e. The summed E-state index contributed by atoms with van der Waals surface area (Å²) in [4.78, 5) is 15.6. The molecule has 1 fully saturated rings. The van der Waals surface area contributed by atoms with E-state index < -0.39 is 5.82 Å². The lowest BCUT2D eigenvalue weighted by Gasteiger charge is -2.36. The van der Waals surface area contributed by atoms with Gasteiger partial charge in [-0.3, -0.25) is 4.79 Å². The molecule has 0 amide bonds. The van der Waals surface area contributed by atoms with E-state index in [1.54, 1.807) is 18.3 Å². The Kier molecular flexibility index (Phi) is 7.74. The standard InChI is InChI=1S/C25H29FN4O3S/c1-18(2)34-29-13-11-28(12-14-29)23-16-27-30(20-7-5-4-6-8-20)25(31)24(23)33-17-19-15-21(32-3)9-10-22(19)26/h4-10,15-16,18H,11-14,17H2,1-3H3. The first-order valence-corrected chi connectivity index (χ1v) is 12.1. The van der Waals surface area contributed by atoms with Crippen LogP contribution in [0, 0.1) is 5.82 Å². The van der Waals surface area contributed by atoms with Crippen molar-refractivity contribution in [2.75, 3.05) is 38.2 Å². The summed E-state index contributed by atoms with van der Waals surface area (Å²) in [5.74, 6) is 0.264. The molecule has 0 atom stereocenters. The van der Waals surface area contributed by atoms with E-state index in [4.69, 9.17) is 9.47 Å². The fourth-order valence-electron chi connectivity index (χ4n) is 3.81. The van der Waals surface area contributed by atoms with Crippen LogP contribution in [0.2, 0.25) is 0 Å². The number of piperazine rings is 1. The predicted octanol–water partition coefficient (Wildman–Crippen LogP) is 4.14. The molecule has 1 aromatic heterocycles. The number of benzene rings is 2. The third-order valence-electron chi connectivity index (χ3n) is 5.48. The maximum atomic E-state index is 14.4. The van der Waals surface area contributed by atoms with Crippen LogP contribution in [0.4, 0.5) is 10.1 Å². The van der Waals surface area contributed by atoms with Crippen LogP contribution < -0.4 is 19.9 Å². The van der Waals surface area contributed by atoms with Crippen LogP contribution in [0.5, 0.6) is 11.5 Å². The molecule has 0 N–H and O–H groups in total. The Morgan fingerprint density at radius 3 is 2.50 bits per heavy atom. The minimum atomic E-state index is -0.417. The van der Waals surface area contributed by atoms with Crippen molar-refractivity contribution < 1.29 is 13.9 Å². The van der Waals surface area contributed by atoms with Crippen LogP contribution in [0.1, 0.15) is 19.4 Å². The highest BCUT2D eigenvalue weighted by atomic mass is 32.2. The number of halogens is 1. The molecule has 2 heterocycles. The van der Waals surface area contributed by atoms with Crippen molar-refractivity contribution in [2.24, 2.45) is 0 Å². The second kappa shape index (κ2) is 10.9. The second-order valence-corrected chi connectivity index (χ2v) is 9.90. The predicted molar refractivity (Wildman–Crippen MR) is 134 cm³/mol. The molecule has 7 nitrogen and oxygen atoms in total. The highest BCUT2D eigenvalue weighted by molar-refractivity contribution is 7.97. The Bertz CT molecular complexity index is 1160. The molecule has 1 aliphatic heterocycles. The minimum Gasteiger partial charge on any atom is -0.497 e. The van der Waals surface area contributed by atoms with Gasteiger partial charge in [0.1, 0.15) is 23.9 Å². The summed E-state index contributed by atoms with van der Waals surface area (Å²) >= 11 is 1.83. The Balaban J connectivity index is 1.65. The molecule has 0 radical (unpaired) electrons. The quantitative estimate of drug-likeness (QED) is 0.446. The number of ether oxygens (including phenoxy) is 2. The average molecular weight is 485 g/mol. The zero-order valence-electron chi connectivity index (χ0n) is 19.6. The molecule has 9 heteroatoms. The first-order chi connectivity index (χ1) is 16.5. The van der Waals surface area contributed by atoms with Crippen LogP contribution >= 0.6 is 11.9 Å². The van der Waals surface area contributed by atoms with Gasteiger partial charge in [-0.05, 0) is 30.3 Å². The van der Waals surface area contributed by atoms with E-state index in [2.05, 4.69) is 28.2 Å². The Hall–Kier alpha value is -3.04. The third-order valence-corrected chi connectivity index (χ3v) is 6.56. The number of rotatable bonds is 8. The molecule has 1 saturated heterocycles. The van der Waals surface area contributed by atoms with Crippen molar-refractivity contribution in [3.05, 3.63) is 76.5 Å². The van der Waals surface area contributed by atoms with Crippen LogP contribution in [0.15, 0.2) is 59.5 Å². The molecule has 0 unspecified atom stereocenters. The van der Waals surface area contributed by atoms with E-state index in [1.807, 2.05) is 42.3 Å². The Labute approximate surface area is 203 Å². The lowest BCUT2D eigenvalue weighted by atomic mass is 10.2. The molecule has 4 rings (SSSR count). The first-order valence-electron chi connectivity index (χ1n) is 11.3. The second-order valence-electron chi connectivity index (χ2n) is 8.23. The fourth-order valence-corrected chi connectivity index (χ4v) is 4.78. The van der Waals surface area contributed by atoms with Gasteiger partial charge in [-0.2, -0.15) is 9.78 Å². The Morgan fingerprint density at radius 1 is 1.09 bits per heavy atom. The van der Waals surface area contributed by atoms with Crippen molar-refractivity contribution in [1.82, 2.24) is 14.1 Å². The van der Waals surface area contributed by atoms with Gasteiger partial charge in [0.15, 0.2) is 0 Å². The average Bonchev–Trinajstić information content (AvgIpc) is 2.85. The zero-order chi connectivity index (χ0) is 24.1. The van der Waals surface area contributed by atoms with Gasteiger partial charge in [0.2, 0.25) is 5.75 Å². The summed E-state index contributed by atoms with van der Waals surface area (Å²) in [6, 6.07) is 13.6. The molecule has 0 spiro atoms. The van der Waals surface area contributed by atoms with Crippen LogP contribution in [-0.2, 0) is 6.61 Å². The molecule has 180 valence electrons. The number of hydrogen-bond acceptors (Lipinski definition) is 7. The number of hydrogen-bond donors (Lipinski definition) is 0. The molecule has 3 aromatic rings. The number of nitrogens with zero attached hydrogens (tertiary/aromatic N) is 4. The van der Waals surface area contributed by atoms with Gasteiger partial charge in [0, 0.05) is 37.0 Å². The van der Waals surface area contributed by atoms with Crippen LogP contribution in [0.25, 0.3) is 5.69 Å². The highest BCUT2D eigenvalue weighted by Gasteiger charge is 2.24. The van der Waals surface area contributed by atoms with Gasteiger partial charge < -0.3 is 14.4 Å². The molecule has 0 aliphatic carbocycles. The smallest absolute Gasteiger partial charge is 0.316 e. The van der Waals surface area contributed by atoms with E-state index >= 15 is 0 Å². The first kappa shape index (κ1) is 24.1. The van der Waals surface area contributed by atoms with Crippen molar-refractivity contribution in [2.45, 2.75) is 25.7 Å². The van der Waals surface area contributed by atoms with Gasteiger partial charge in [-0.1, -0.05) is 44.0 Å². The lowest BCUT2D eigenvalue weighted by molar-refractivity contribution is 0.291. The van der Waals surface area contributed by atoms with Crippen molar-refractivity contribution >= 4 is 17.6 Å². The van der Waals surface area contributed by atoms with Gasteiger partial charge in [0.05, 0.1) is 19.0 Å². The molecular formula is C25H29FN4O3S. The monoisotopic (exact) mass is 484 g/mol. The molecule has 1 aliphatic rings. The van der Waals surface area contributed by atoms with E-state index in [0.29, 0.717) is 27.9 Å². The number of methoxy groups -OCH3 is 1. The number of aromatic nitrogens is 2. The van der Waals surface area contributed by atoms with E-state index in [-0.39, 0.29) is 17.9 Å². The summed E-state index contributed by atoms with van der Waals surface area (Å²) in [6.07, 6.45) is 1.66. The van der Waals surface area contributed by atoms with E-state index in [9.17, 15) is 9.18 Å². The zero-order valence-corrected chi connectivity index (χ0v) is 20.4. The Morgan fingerprint density at radius 2 is 1.82 bits per heavy atom. The van der Waals surface area contributed by atoms with Crippen molar-refractivity contribution in [1.29, 1.82) is 0 Å². The van der Waals surface area contributed by atoms with Gasteiger partial charge in [-0.15, -0.1) is 0 Å². The summed E-state index contributed by atoms with van der Waals surface area (Å²) in [5, 5.41) is 4.93. The highest BCUT2D eigenvalue weighted by Crippen LogP contribution is 2.29. The summed E-state index contributed by atoms with van der Waals surface area (Å²) < 4.78 is 29.3. The van der Waals surface area contributed by atoms with Crippen molar-refractivity contribution in [3.8, 4) is 17.2 Å². The van der Waals surface area contributed by atoms with Crippen molar-refractivity contribution in [3.63, 3.8) is 0 Å². The molecular weight excluding hydrogens is 455 g/mol. The topological polar surface area (TPSA) is 59.8 Å². The third kappa shape index (κ3) is 5.53. The van der Waals surface area contributed by atoms with E-state index in [0.717, 1.165) is 26.2 Å². The van der Waals surface area contributed by atoms with Gasteiger partial charge in [0.25, 0.3) is 0 Å². The molecule has 2 aromatic carbocycles. The van der Waals surface area contributed by atoms with Gasteiger partial charge in [-0.25, -0.2) is 8.70 Å². The summed E-state index contributed by atoms with van der Waals surface area (Å²) in [6.45, 7) is 7.43. The number of anilines is 1. The number of para-hydroxylation sites is 1. The minimum absolute atomic E-state index is 0.104. The van der Waals surface area contributed by atoms with E-state index in [1.165, 1.54) is 17.9 Å². The lowest BCUT2D eigenvalue weighted by Crippen LogP contribution is -2.44. The van der Waals surface area contributed by atoms with Crippen LogP contribution in [-0.4, -0.2) is 52.6 Å². The van der Waals surface area contributed by atoms with Gasteiger partial charge >= 0.3 is 5.56 Å². The normalized spacial score (nSPS) is 14.4. The molecule has 34 heavy (non-hydrogen) atoms. The maximum absolute atomic E-state index is 14.4. The van der Waals surface area contributed by atoms with Crippen LogP contribution in [0.3, 0.4) is 0 Å². The fraction of sp³-hybridized carbons (Fsp3) is 0.360. The maximum Gasteiger partial charge on any atom is 0.316 e.